The van der Waals surface area contributed by atoms with E-state index in [-0.39, 0.29) is 38.8 Å². The van der Waals surface area contributed by atoms with Crippen molar-refractivity contribution in [2.45, 2.75) is 13.0 Å². The molecule has 1 aliphatic rings. The number of rotatable bonds is 3. The van der Waals surface area contributed by atoms with Crippen LogP contribution in [-0.2, 0) is 0 Å². The number of phenolic OH excluding ortho intramolecular Hbond substituents is 1. The molecule has 0 bridgehead atoms. The van der Waals surface area contributed by atoms with Crippen molar-refractivity contribution in [1.82, 2.24) is 0 Å². The van der Waals surface area contributed by atoms with Crippen molar-refractivity contribution in [2.24, 2.45) is 0 Å². The highest BCUT2D eigenvalue weighted by atomic mass is 32.1. The third kappa shape index (κ3) is 2.12. The number of methoxy groups -OCH3 is 2. The summed E-state index contributed by atoms with van der Waals surface area (Å²) in [6.45, 7) is 1.56. The first-order chi connectivity index (χ1) is 10.9. The molecule has 2 N–H and O–H groups in total. The van der Waals surface area contributed by atoms with Crippen LogP contribution in [0, 0.1) is 0 Å². The normalized spacial score (nSPS) is 14.3. The predicted molar refractivity (Wildman–Crippen MR) is 83.0 cm³/mol. The van der Waals surface area contributed by atoms with Gasteiger partial charge < -0.3 is 19.7 Å². The first kappa shape index (κ1) is 15.5. The Labute approximate surface area is 135 Å². The fourth-order valence-corrected chi connectivity index (χ4v) is 3.63. The molecule has 1 atom stereocenters. The molecule has 0 saturated heterocycles. The van der Waals surface area contributed by atoms with Gasteiger partial charge in [-0.25, -0.2) is 0 Å². The van der Waals surface area contributed by atoms with Crippen molar-refractivity contribution in [3.05, 3.63) is 38.6 Å². The average molecular weight is 334 g/mol. The van der Waals surface area contributed by atoms with Crippen LogP contribution in [0.3, 0.4) is 0 Å². The Morgan fingerprint density at radius 2 is 1.70 bits per heavy atom. The Hall–Kier alpha value is -2.38. The predicted octanol–water partition coefficient (Wildman–Crippen LogP) is 2.30. The number of carbonyl (C=O) groups excluding carboxylic acids is 2. The van der Waals surface area contributed by atoms with Gasteiger partial charge in [0, 0.05) is 16.5 Å². The third-order valence-electron chi connectivity index (χ3n) is 3.74. The summed E-state index contributed by atoms with van der Waals surface area (Å²) in [5.41, 5.74) is 0.0993. The van der Waals surface area contributed by atoms with Crippen LogP contribution in [0.1, 0.15) is 49.1 Å². The Bertz CT molecular complexity index is 834. The number of ketones is 2. The van der Waals surface area contributed by atoms with Crippen molar-refractivity contribution in [2.75, 3.05) is 14.2 Å². The average Bonchev–Trinajstić information content (AvgIpc) is 2.98. The monoisotopic (exact) mass is 334 g/mol. The number of thiophene rings is 1. The van der Waals surface area contributed by atoms with E-state index >= 15 is 0 Å². The molecule has 120 valence electrons. The number of hydrogen-bond acceptors (Lipinski definition) is 7. The van der Waals surface area contributed by atoms with Gasteiger partial charge in [-0.3, -0.25) is 9.59 Å². The number of aliphatic hydroxyl groups excluding tert-OH is 1. The zero-order valence-corrected chi connectivity index (χ0v) is 13.5. The van der Waals surface area contributed by atoms with Crippen LogP contribution >= 0.6 is 11.3 Å². The van der Waals surface area contributed by atoms with Gasteiger partial charge in [0.05, 0.1) is 36.3 Å². The lowest BCUT2D eigenvalue weighted by atomic mass is 9.87. The molecule has 1 aromatic heterocycles. The molecule has 1 heterocycles. The van der Waals surface area contributed by atoms with E-state index < -0.39 is 17.7 Å². The molecule has 23 heavy (non-hydrogen) atoms. The summed E-state index contributed by atoms with van der Waals surface area (Å²) in [7, 11) is 2.71. The zero-order valence-electron chi connectivity index (χ0n) is 12.7. The SMILES string of the molecule is COc1cc(OC)c2c(c1O)C(=O)c1sc(C(C)O)cc1C2=O. The van der Waals surface area contributed by atoms with Crippen molar-refractivity contribution in [3.8, 4) is 17.2 Å². The molecule has 0 fully saturated rings. The van der Waals surface area contributed by atoms with Crippen LogP contribution in [0.5, 0.6) is 17.2 Å². The van der Waals surface area contributed by atoms with E-state index in [0.29, 0.717) is 4.88 Å². The topological polar surface area (TPSA) is 93.1 Å². The summed E-state index contributed by atoms with van der Waals surface area (Å²) >= 11 is 1.04. The van der Waals surface area contributed by atoms with Crippen LogP contribution in [0.15, 0.2) is 12.1 Å². The van der Waals surface area contributed by atoms with Gasteiger partial charge in [0.15, 0.2) is 17.3 Å². The van der Waals surface area contributed by atoms with Gasteiger partial charge >= 0.3 is 0 Å². The molecule has 1 aliphatic carbocycles. The number of fused-ring (bicyclic) bond motifs is 2. The number of hydrogen-bond donors (Lipinski definition) is 2. The van der Waals surface area contributed by atoms with Crippen LogP contribution in [0.25, 0.3) is 0 Å². The van der Waals surface area contributed by atoms with Gasteiger partial charge in [0.2, 0.25) is 5.78 Å². The quantitative estimate of drug-likeness (QED) is 0.763. The molecule has 6 nitrogen and oxygen atoms in total. The molecular weight excluding hydrogens is 320 g/mol. The summed E-state index contributed by atoms with van der Waals surface area (Å²) in [4.78, 5) is 26.2. The van der Waals surface area contributed by atoms with Crippen LogP contribution in [-0.4, -0.2) is 36.0 Å². The molecule has 2 aromatic rings. The number of ether oxygens (including phenoxy) is 2. The molecule has 1 unspecified atom stereocenters. The number of aromatic hydroxyl groups is 1. The summed E-state index contributed by atoms with van der Waals surface area (Å²) in [5.74, 6) is -1.09. The molecule has 3 rings (SSSR count). The van der Waals surface area contributed by atoms with Crippen LogP contribution in [0.2, 0.25) is 0 Å². The highest BCUT2D eigenvalue weighted by Crippen LogP contribution is 2.45. The van der Waals surface area contributed by atoms with Crippen LogP contribution < -0.4 is 9.47 Å². The minimum atomic E-state index is -0.792. The van der Waals surface area contributed by atoms with E-state index in [1.807, 2.05) is 0 Å². The maximum atomic E-state index is 12.8. The smallest absolute Gasteiger partial charge is 0.208 e. The van der Waals surface area contributed by atoms with Gasteiger partial charge in [-0.05, 0) is 13.0 Å². The second kappa shape index (κ2) is 5.36. The number of aliphatic hydroxyl groups is 1. The molecule has 0 amide bonds. The largest absolute Gasteiger partial charge is 0.504 e. The molecule has 1 aromatic carbocycles. The fraction of sp³-hybridized carbons (Fsp3) is 0.250. The van der Waals surface area contributed by atoms with Crippen molar-refractivity contribution < 1.29 is 29.3 Å². The third-order valence-corrected chi connectivity index (χ3v) is 5.04. The van der Waals surface area contributed by atoms with Gasteiger partial charge in [-0.15, -0.1) is 11.3 Å². The Kier molecular flexibility index (Phi) is 3.62. The molecule has 0 radical (unpaired) electrons. The summed E-state index contributed by atoms with van der Waals surface area (Å²) < 4.78 is 10.2. The van der Waals surface area contributed by atoms with E-state index in [0.717, 1.165) is 11.3 Å². The van der Waals surface area contributed by atoms with Crippen molar-refractivity contribution in [1.29, 1.82) is 0 Å². The number of carbonyl (C=O) groups is 2. The summed E-state index contributed by atoms with van der Waals surface area (Å²) in [6.07, 6.45) is -0.792. The first-order valence-electron chi connectivity index (χ1n) is 6.79. The maximum absolute atomic E-state index is 12.8. The summed E-state index contributed by atoms with van der Waals surface area (Å²) in [5, 5.41) is 20.0. The number of phenols is 1. The molecule has 0 saturated carbocycles. The Morgan fingerprint density at radius 1 is 1.04 bits per heavy atom. The van der Waals surface area contributed by atoms with Gasteiger partial charge in [-0.1, -0.05) is 0 Å². The lowest BCUT2D eigenvalue weighted by Crippen LogP contribution is -2.20. The van der Waals surface area contributed by atoms with E-state index in [1.54, 1.807) is 6.92 Å². The molecule has 0 aliphatic heterocycles. The minimum absolute atomic E-state index is 0.0123. The Balaban J connectivity index is 2.32. The zero-order chi connectivity index (χ0) is 16.9. The van der Waals surface area contributed by atoms with E-state index in [2.05, 4.69) is 0 Å². The number of benzene rings is 1. The maximum Gasteiger partial charge on any atom is 0.208 e. The second-order valence-electron chi connectivity index (χ2n) is 5.11. The highest BCUT2D eigenvalue weighted by molar-refractivity contribution is 7.14. The van der Waals surface area contributed by atoms with E-state index in [1.165, 1.54) is 26.4 Å². The molecule has 7 heteroatoms. The van der Waals surface area contributed by atoms with Crippen LogP contribution in [0.4, 0.5) is 0 Å². The second-order valence-corrected chi connectivity index (χ2v) is 6.19. The highest BCUT2D eigenvalue weighted by Gasteiger charge is 2.38. The standard InChI is InChI=1S/C16H14O6S/c1-6(17)10-4-7-13(18)11-8(21-2)5-9(22-3)14(19)12(11)15(20)16(7)23-10/h4-6,17,19H,1-3H3. The molecular formula is C16H14O6S. The Morgan fingerprint density at radius 3 is 2.26 bits per heavy atom. The fourth-order valence-electron chi connectivity index (χ4n) is 2.59. The van der Waals surface area contributed by atoms with Crippen molar-refractivity contribution >= 4 is 22.9 Å². The summed E-state index contributed by atoms with van der Waals surface area (Å²) in [6, 6.07) is 2.88. The first-order valence-corrected chi connectivity index (χ1v) is 7.61. The van der Waals surface area contributed by atoms with Gasteiger partial charge in [-0.2, -0.15) is 0 Å². The molecule has 0 spiro atoms. The van der Waals surface area contributed by atoms with E-state index in [4.69, 9.17) is 9.47 Å². The lowest BCUT2D eigenvalue weighted by Gasteiger charge is -2.19. The van der Waals surface area contributed by atoms with Gasteiger partial charge in [0.25, 0.3) is 0 Å². The lowest BCUT2D eigenvalue weighted by molar-refractivity contribution is 0.0976. The van der Waals surface area contributed by atoms with E-state index in [9.17, 15) is 19.8 Å². The van der Waals surface area contributed by atoms with Crippen molar-refractivity contribution in [3.63, 3.8) is 0 Å². The van der Waals surface area contributed by atoms with Gasteiger partial charge in [0.1, 0.15) is 5.75 Å². The minimum Gasteiger partial charge on any atom is -0.504 e.